The van der Waals surface area contributed by atoms with E-state index in [1.807, 2.05) is 0 Å². The lowest BCUT2D eigenvalue weighted by atomic mass is 9.94. The molecule has 0 bridgehead atoms. The van der Waals surface area contributed by atoms with Crippen molar-refractivity contribution >= 4 is 0 Å². The molecule has 0 radical (unpaired) electrons. The second-order valence-electron chi connectivity index (χ2n) is 5.64. The summed E-state index contributed by atoms with van der Waals surface area (Å²) in [5, 5.41) is 0. The van der Waals surface area contributed by atoms with Crippen LogP contribution in [-0.4, -0.2) is 30.6 Å². The fourth-order valence-corrected chi connectivity index (χ4v) is 3.12. The molecule has 0 spiro atoms. The number of nitrogens with two attached hydrogens (primary N) is 1. The Balaban J connectivity index is 1.85. The first-order valence-corrected chi connectivity index (χ1v) is 6.89. The third-order valence-electron chi connectivity index (χ3n) is 4.12. The monoisotopic (exact) mass is 222 g/mol. The van der Waals surface area contributed by atoms with Crippen molar-refractivity contribution in [2.24, 2.45) is 11.7 Å². The molecule has 0 aromatic heterocycles. The summed E-state index contributed by atoms with van der Waals surface area (Å²) in [7, 11) is 0. The molecule has 92 valence electrons. The zero-order valence-corrected chi connectivity index (χ0v) is 10.6. The molecule has 2 rings (SSSR count). The molecule has 0 aromatic carbocycles. The summed E-state index contributed by atoms with van der Waals surface area (Å²) in [4.78, 5) is 2.60. The van der Waals surface area contributed by atoms with Crippen LogP contribution in [0.5, 0.6) is 0 Å². The van der Waals surface area contributed by atoms with Gasteiger partial charge in [0.15, 0.2) is 0 Å². The van der Waals surface area contributed by atoms with E-state index in [1.54, 1.807) is 0 Å². The van der Waals surface area contributed by atoms with Gasteiger partial charge in [-0.2, -0.15) is 0 Å². The van der Waals surface area contributed by atoms with Crippen LogP contribution in [0.3, 0.4) is 0 Å². The van der Waals surface area contributed by atoms with E-state index in [1.165, 1.54) is 63.7 Å². The number of rotatable bonds is 2. The first-order valence-electron chi connectivity index (χ1n) is 6.89. The van der Waals surface area contributed by atoms with Crippen LogP contribution >= 0.6 is 0 Å². The third-order valence-corrected chi connectivity index (χ3v) is 4.12. The molecule has 2 nitrogen and oxygen atoms in total. The van der Waals surface area contributed by atoms with E-state index < -0.39 is 0 Å². The molecule has 2 N–H and O–H groups in total. The Morgan fingerprint density at radius 3 is 2.94 bits per heavy atom. The van der Waals surface area contributed by atoms with Crippen LogP contribution in [-0.2, 0) is 0 Å². The summed E-state index contributed by atoms with van der Waals surface area (Å²) in [6, 6.07) is 0.453. The summed E-state index contributed by atoms with van der Waals surface area (Å²) in [5.74, 6) is 0.744. The molecule has 2 heteroatoms. The van der Waals surface area contributed by atoms with Crippen molar-refractivity contribution in [1.29, 1.82) is 0 Å². The van der Waals surface area contributed by atoms with E-state index in [-0.39, 0.29) is 0 Å². The minimum absolute atomic E-state index is 0.453. The van der Waals surface area contributed by atoms with Crippen molar-refractivity contribution in [3.8, 4) is 0 Å². The summed E-state index contributed by atoms with van der Waals surface area (Å²) in [5.41, 5.74) is 7.83. The van der Waals surface area contributed by atoms with Gasteiger partial charge < -0.3 is 5.73 Å². The van der Waals surface area contributed by atoms with Crippen molar-refractivity contribution in [3.05, 3.63) is 11.6 Å². The molecule has 2 atom stereocenters. The first kappa shape index (κ1) is 12.1. The van der Waals surface area contributed by atoms with Gasteiger partial charge in [-0.15, -0.1) is 0 Å². The maximum atomic E-state index is 6.29. The first-order chi connectivity index (χ1) is 7.75. The second kappa shape index (κ2) is 5.83. The average molecular weight is 222 g/mol. The molecule has 2 aliphatic rings. The van der Waals surface area contributed by atoms with Gasteiger partial charge in [0, 0.05) is 25.7 Å². The van der Waals surface area contributed by atoms with E-state index >= 15 is 0 Å². The van der Waals surface area contributed by atoms with Gasteiger partial charge in [-0.3, -0.25) is 4.90 Å². The standard InChI is InChI=1S/C14H26N2/c1-12-6-5-9-16(10-12)11-13-7-3-2-4-8-14(13)15/h6,13-14H,2-5,7-11,15H2,1H3. The predicted octanol–water partition coefficient (Wildman–Crippen LogP) is 2.55. The Morgan fingerprint density at radius 2 is 2.12 bits per heavy atom. The van der Waals surface area contributed by atoms with E-state index in [0.717, 1.165) is 5.92 Å². The number of hydrogen-bond acceptors (Lipinski definition) is 2. The number of hydrogen-bond donors (Lipinski definition) is 1. The fraction of sp³-hybridized carbons (Fsp3) is 0.857. The quantitative estimate of drug-likeness (QED) is 0.575. The van der Waals surface area contributed by atoms with Crippen LogP contribution < -0.4 is 5.73 Å². The molecule has 16 heavy (non-hydrogen) atoms. The summed E-state index contributed by atoms with van der Waals surface area (Å²) in [6.45, 7) is 5.88. The Morgan fingerprint density at radius 1 is 1.31 bits per heavy atom. The molecular formula is C14H26N2. The normalized spacial score (nSPS) is 33.2. The second-order valence-corrected chi connectivity index (χ2v) is 5.64. The minimum Gasteiger partial charge on any atom is -0.327 e. The number of nitrogens with zero attached hydrogens (tertiary/aromatic N) is 1. The molecular weight excluding hydrogens is 196 g/mol. The molecule has 1 aliphatic heterocycles. The largest absolute Gasteiger partial charge is 0.327 e. The highest BCUT2D eigenvalue weighted by molar-refractivity contribution is 5.04. The van der Waals surface area contributed by atoms with Gasteiger partial charge in [0.25, 0.3) is 0 Å². The summed E-state index contributed by atoms with van der Waals surface area (Å²) in [6.07, 6.45) is 10.3. The van der Waals surface area contributed by atoms with E-state index in [4.69, 9.17) is 5.73 Å². The smallest absolute Gasteiger partial charge is 0.0190 e. The van der Waals surface area contributed by atoms with Gasteiger partial charge in [-0.1, -0.05) is 30.9 Å². The molecule has 1 fully saturated rings. The van der Waals surface area contributed by atoms with Crippen molar-refractivity contribution in [1.82, 2.24) is 4.90 Å². The van der Waals surface area contributed by atoms with E-state index in [0.29, 0.717) is 6.04 Å². The lowest BCUT2D eigenvalue weighted by molar-refractivity contribution is 0.216. The van der Waals surface area contributed by atoms with E-state index in [2.05, 4.69) is 17.9 Å². The lowest BCUT2D eigenvalue weighted by Gasteiger charge is -2.32. The third kappa shape index (κ3) is 3.33. The van der Waals surface area contributed by atoms with Gasteiger partial charge in [-0.25, -0.2) is 0 Å². The predicted molar refractivity (Wildman–Crippen MR) is 69.4 cm³/mol. The molecule has 1 saturated carbocycles. The SMILES string of the molecule is CC1=CCCN(CC2CCCCCC2N)C1. The molecule has 0 aromatic rings. The highest BCUT2D eigenvalue weighted by atomic mass is 15.1. The zero-order valence-electron chi connectivity index (χ0n) is 10.6. The van der Waals surface area contributed by atoms with E-state index in [9.17, 15) is 0 Å². The van der Waals surface area contributed by atoms with Gasteiger partial charge in [-0.05, 0) is 32.1 Å². The van der Waals surface area contributed by atoms with Crippen molar-refractivity contribution in [3.63, 3.8) is 0 Å². The van der Waals surface area contributed by atoms with Crippen LogP contribution in [0.1, 0.15) is 45.4 Å². The van der Waals surface area contributed by atoms with Crippen LogP contribution in [0, 0.1) is 5.92 Å². The zero-order chi connectivity index (χ0) is 11.4. The summed E-state index contributed by atoms with van der Waals surface area (Å²) >= 11 is 0. The Hall–Kier alpha value is -0.340. The van der Waals surface area contributed by atoms with Crippen molar-refractivity contribution < 1.29 is 0 Å². The van der Waals surface area contributed by atoms with Crippen LogP contribution in [0.15, 0.2) is 11.6 Å². The van der Waals surface area contributed by atoms with Crippen LogP contribution in [0.4, 0.5) is 0 Å². The molecule has 1 aliphatic carbocycles. The van der Waals surface area contributed by atoms with Crippen LogP contribution in [0.2, 0.25) is 0 Å². The van der Waals surface area contributed by atoms with Gasteiger partial charge in [0.1, 0.15) is 0 Å². The molecule has 0 amide bonds. The van der Waals surface area contributed by atoms with Gasteiger partial charge in [0.05, 0.1) is 0 Å². The van der Waals surface area contributed by atoms with Gasteiger partial charge in [0.2, 0.25) is 0 Å². The minimum atomic E-state index is 0.453. The highest BCUT2D eigenvalue weighted by Crippen LogP contribution is 2.24. The Kier molecular flexibility index (Phi) is 4.42. The summed E-state index contributed by atoms with van der Waals surface area (Å²) < 4.78 is 0. The topological polar surface area (TPSA) is 29.3 Å². The molecule has 1 heterocycles. The highest BCUT2D eigenvalue weighted by Gasteiger charge is 2.23. The Labute approximate surface area is 99.9 Å². The van der Waals surface area contributed by atoms with Crippen molar-refractivity contribution in [2.45, 2.75) is 51.5 Å². The molecule has 2 unspecified atom stereocenters. The molecule has 0 saturated heterocycles. The maximum Gasteiger partial charge on any atom is 0.0190 e. The van der Waals surface area contributed by atoms with Crippen LogP contribution in [0.25, 0.3) is 0 Å². The maximum absolute atomic E-state index is 6.29. The van der Waals surface area contributed by atoms with Crippen molar-refractivity contribution in [2.75, 3.05) is 19.6 Å². The fourth-order valence-electron chi connectivity index (χ4n) is 3.12. The average Bonchev–Trinajstić information content (AvgIpc) is 2.45. The van der Waals surface area contributed by atoms with Gasteiger partial charge >= 0.3 is 0 Å². The Bertz CT molecular complexity index is 247. The lowest BCUT2D eigenvalue weighted by Crippen LogP contribution is -2.40.